The first kappa shape index (κ1) is 35.1. The fraction of sp³-hybridized carbons (Fsp3) is 0.294. The van der Waals surface area contributed by atoms with Gasteiger partial charge in [0.05, 0.1) is 39.5 Å². The number of nitrogens with zero attached hydrogens (tertiary/aromatic N) is 4. The lowest BCUT2D eigenvalue weighted by molar-refractivity contribution is -0.678. The Morgan fingerprint density at radius 2 is 1.58 bits per heavy atom. The number of anilines is 2. The number of hydrogen-bond donors (Lipinski definition) is 2. The first-order valence-corrected chi connectivity index (χ1v) is 19.1. The molecule has 48 heavy (non-hydrogen) atoms. The van der Waals surface area contributed by atoms with Crippen LogP contribution in [-0.2, 0) is 26.8 Å². The minimum absolute atomic E-state index is 0.250. The van der Waals surface area contributed by atoms with E-state index in [1.807, 2.05) is 88.0 Å². The summed E-state index contributed by atoms with van der Waals surface area (Å²) in [6, 6.07) is 21.4. The molecule has 1 aliphatic rings. The van der Waals surface area contributed by atoms with Crippen molar-refractivity contribution in [2.45, 2.75) is 39.2 Å². The van der Waals surface area contributed by atoms with Crippen molar-refractivity contribution >= 4 is 60.4 Å². The molecule has 4 aromatic rings. The maximum atomic E-state index is 11.3. The van der Waals surface area contributed by atoms with Gasteiger partial charge in [0, 0.05) is 25.6 Å². The number of fused-ring (bicyclic) bond motifs is 2. The molecule has 0 saturated heterocycles. The summed E-state index contributed by atoms with van der Waals surface area (Å²) in [5.74, 6) is 0.633. The average molecular weight is 712 g/mol. The van der Waals surface area contributed by atoms with Crippen LogP contribution in [0.3, 0.4) is 0 Å². The maximum absolute atomic E-state index is 11.3. The molecular weight excluding hydrogens is 676 g/mol. The summed E-state index contributed by atoms with van der Waals surface area (Å²) in [5.41, 5.74) is 5.40. The summed E-state index contributed by atoms with van der Waals surface area (Å²) in [4.78, 5) is 4.04. The molecule has 0 aliphatic carbocycles. The summed E-state index contributed by atoms with van der Waals surface area (Å²) in [6.45, 7) is 3.43. The van der Waals surface area contributed by atoms with Crippen molar-refractivity contribution < 1.29 is 34.9 Å². The molecule has 0 radical (unpaired) electrons. The van der Waals surface area contributed by atoms with E-state index in [9.17, 15) is 31.2 Å². The number of unbranched alkanes of at least 4 members (excludes halogenated alkanes) is 2. The van der Waals surface area contributed by atoms with Gasteiger partial charge in [-0.2, -0.15) is 26.7 Å². The van der Waals surface area contributed by atoms with Gasteiger partial charge >= 0.3 is 5.89 Å². The smallest absolute Gasteiger partial charge is 0.374 e. The van der Waals surface area contributed by atoms with Crippen LogP contribution in [-0.4, -0.2) is 50.5 Å². The molecule has 0 bridgehead atoms. The molecule has 1 aromatic heterocycles. The second-order valence-corrected chi connectivity index (χ2v) is 14.9. The number of allylic oxidation sites excluding steroid dienone is 2. The third kappa shape index (κ3) is 8.44. The van der Waals surface area contributed by atoms with Crippen LogP contribution >= 0.6 is 11.6 Å². The fourth-order valence-electron chi connectivity index (χ4n) is 5.80. The number of aryl methyl sites for hydroxylation is 1. The Hall–Kier alpha value is -4.19. The lowest BCUT2D eigenvalue weighted by Crippen LogP contribution is -2.35. The van der Waals surface area contributed by atoms with Gasteiger partial charge in [0.15, 0.2) is 6.54 Å². The van der Waals surface area contributed by atoms with Gasteiger partial charge in [-0.3, -0.25) is 9.11 Å². The standard InChI is InChI=1S/C34H35ClN4O7S2/c1-2-37-30-23-28(35)27(24-36)22-29(30)38(17-6-8-19-47(40,41)42)33(37)13-10-14-34-39(18-7-9-20-48(43,44)45)31-21-26(15-16-32(31)46-34)25-11-4-3-5-12-25/h3-5,10-16,21-23H,2,6-9,17-20H2,1H3,(H-,40,41,42,43,44,45)/p+1. The highest BCUT2D eigenvalue weighted by molar-refractivity contribution is 7.86. The summed E-state index contributed by atoms with van der Waals surface area (Å²) < 4.78 is 71.9. The SMILES string of the molecule is CCN1C(=CC=Cc2oc3ccc(-c4ccccc4)cc3[n+]2CCCCS(=O)(=O)O)N(CCCCS(=O)(=O)O)c2cc(C#N)c(Cl)cc21. The van der Waals surface area contributed by atoms with Crippen molar-refractivity contribution in [1.29, 1.82) is 5.26 Å². The predicted molar refractivity (Wildman–Crippen MR) is 187 cm³/mol. The number of benzene rings is 3. The number of halogens is 1. The molecule has 0 unspecified atom stereocenters. The van der Waals surface area contributed by atoms with E-state index in [1.54, 1.807) is 12.1 Å². The highest BCUT2D eigenvalue weighted by Crippen LogP contribution is 2.44. The van der Waals surface area contributed by atoms with Crippen molar-refractivity contribution in [2.24, 2.45) is 0 Å². The Balaban J connectivity index is 1.51. The molecule has 3 aromatic carbocycles. The van der Waals surface area contributed by atoms with Crippen LogP contribution in [0.1, 0.15) is 44.1 Å². The number of nitriles is 1. The first-order valence-electron chi connectivity index (χ1n) is 15.5. The zero-order valence-electron chi connectivity index (χ0n) is 26.3. The molecule has 1 aliphatic heterocycles. The lowest BCUT2D eigenvalue weighted by Gasteiger charge is -2.24. The summed E-state index contributed by atoms with van der Waals surface area (Å²) in [6.07, 6.45) is 7.02. The zero-order valence-corrected chi connectivity index (χ0v) is 28.7. The second kappa shape index (κ2) is 14.9. The van der Waals surface area contributed by atoms with Crippen molar-refractivity contribution in [2.75, 3.05) is 34.4 Å². The van der Waals surface area contributed by atoms with Gasteiger partial charge in [-0.15, -0.1) is 0 Å². The molecule has 2 heterocycles. The highest BCUT2D eigenvalue weighted by Gasteiger charge is 2.31. The summed E-state index contributed by atoms with van der Waals surface area (Å²) >= 11 is 6.41. The number of rotatable bonds is 14. The van der Waals surface area contributed by atoms with E-state index in [0.29, 0.717) is 54.5 Å². The van der Waals surface area contributed by atoms with E-state index in [4.69, 9.17) is 16.0 Å². The Morgan fingerprint density at radius 3 is 2.25 bits per heavy atom. The quantitative estimate of drug-likeness (QED) is 0.0847. The van der Waals surface area contributed by atoms with E-state index < -0.39 is 20.2 Å². The van der Waals surface area contributed by atoms with Crippen LogP contribution in [0.4, 0.5) is 11.4 Å². The molecule has 0 saturated carbocycles. The molecule has 14 heteroatoms. The van der Waals surface area contributed by atoms with Crippen molar-refractivity contribution in [3.05, 3.63) is 95.1 Å². The minimum Gasteiger partial charge on any atom is -0.398 e. The average Bonchev–Trinajstić information content (AvgIpc) is 3.53. The van der Waals surface area contributed by atoms with Crippen LogP contribution in [0.25, 0.3) is 28.3 Å². The Bertz CT molecular complexity index is 2120. The van der Waals surface area contributed by atoms with Crippen LogP contribution in [0.2, 0.25) is 5.02 Å². The second-order valence-electron chi connectivity index (χ2n) is 11.3. The summed E-state index contributed by atoms with van der Waals surface area (Å²) in [5, 5.41) is 9.96. The van der Waals surface area contributed by atoms with Crippen LogP contribution < -0.4 is 14.4 Å². The van der Waals surface area contributed by atoms with Gasteiger partial charge in [-0.1, -0.05) is 48.0 Å². The van der Waals surface area contributed by atoms with Crippen molar-refractivity contribution in [3.63, 3.8) is 0 Å². The van der Waals surface area contributed by atoms with Gasteiger partial charge in [0.2, 0.25) is 5.58 Å². The molecule has 0 fully saturated rings. The topological polar surface area (TPSA) is 156 Å². The van der Waals surface area contributed by atoms with Gasteiger partial charge in [0.1, 0.15) is 11.9 Å². The summed E-state index contributed by atoms with van der Waals surface area (Å²) in [7, 11) is -8.17. The molecule has 252 valence electrons. The third-order valence-corrected chi connectivity index (χ3v) is 9.95. The van der Waals surface area contributed by atoms with Crippen LogP contribution in [0.5, 0.6) is 0 Å². The molecule has 0 amide bonds. The van der Waals surface area contributed by atoms with Gasteiger partial charge in [0.25, 0.3) is 25.8 Å². The maximum Gasteiger partial charge on any atom is 0.374 e. The Labute approximate surface area is 285 Å². The van der Waals surface area contributed by atoms with E-state index in [0.717, 1.165) is 33.8 Å². The fourth-order valence-corrected chi connectivity index (χ4v) is 7.14. The lowest BCUT2D eigenvalue weighted by atomic mass is 10.1. The third-order valence-electron chi connectivity index (χ3n) is 8.03. The molecule has 0 spiro atoms. The van der Waals surface area contributed by atoms with Gasteiger partial charge in [-0.05, 0) is 67.7 Å². The molecule has 0 atom stereocenters. The zero-order chi connectivity index (χ0) is 34.5. The number of oxazole rings is 1. The van der Waals surface area contributed by atoms with Crippen LogP contribution in [0, 0.1) is 11.3 Å². The number of aromatic nitrogens is 1. The number of hydrogen-bond acceptors (Lipinski definition) is 8. The van der Waals surface area contributed by atoms with E-state index >= 15 is 0 Å². The van der Waals surface area contributed by atoms with Gasteiger partial charge in [-0.25, -0.2) is 0 Å². The molecule has 2 N–H and O–H groups in total. The molecule has 11 nitrogen and oxygen atoms in total. The van der Waals surface area contributed by atoms with E-state index in [1.165, 1.54) is 0 Å². The van der Waals surface area contributed by atoms with Crippen molar-refractivity contribution in [1.82, 2.24) is 0 Å². The van der Waals surface area contributed by atoms with E-state index in [2.05, 4.69) is 6.07 Å². The minimum atomic E-state index is -4.09. The predicted octanol–water partition coefficient (Wildman–Crippen LogP) is 6.45. The molecular formula is C34H36ClN4O7S2+. The van der Waals surface area contributed by atoms with E-state index in [-0.39, 0.29) is 24.3 Å². The normalized spacial score (nSPS) is 14.4. The molecule has 5 rings (SSSR count). The van der Waals surface area contributed by atoms with Crippen molar-refractivity contribution in [3.8, 4) is 17.2 Å². The Morgan fingerprint density at radius 1 is 0.896 bits per heavy atom. The highest BCUT2D eigenvalue weighted by atomic mass is 35.5. The van der Waals surface area contributed by atoms with Crippen LogP contribution in [0.15, 0.2) is 83.1 Å². The first-order chi connectivity index (χ1) is 22.9. The largest absolute Gasteiger partial charge is 0.398 e. The van der Waals surface area contributed by atoms with Gasteiger partial charge < -0.3 is 14.2 Å². The Kier molecular flexibility index (Phi) is 10.9. The monoisotopic (exact) mass is 711 g/mol.